The first kappa shape index (κ1) is 15.3. The molecule has 4 heteroatoms. The van der Waals surface area contributed by atoms with Gasteiger partial charge >= 0.3 is 5.97 Å². The topological polar surface area (TPSA) is 49.8 Å². The molecule has 4 nitrogen and oxygen atoms in total. The Kier molecular flexibility index (Phi) is 6.19. The Morgan fingerprint density at radius 2 is 1.89 bits per heavy atom. The summed E-state index contributed by atoms with van der Waals surface area (Å²) in [5, 5.41) is 8.82. The number of aliphatic carboxylic acids is 1. The van der Waals surface area contributed by atoms with Gasteiger partial charge in [0, 0.05) is 18.8 Å². The van der Waals surface area contributed by atoms with Crippen molar-refractivity contribution in [2.45, 2.75) is 26.7 Å². The highest BCUT2D eigenvalue weighted by atomic mass is 16.5. The van der Waals surface area contributed by atoms with E-state index in [9.17, 15) is 4.79 Å². The molecular formula is C15H23NO3. The van der Waals surface area contributed by atoms with Gasteiger partial charge in [-0.15, -0.1) is 0 Å². The first-order valence-corrected chi connectivity index (χ1v) is 6.63. The number of hydrogen-bond donors (Lipinski definition) is 1. The van der Waals surface area contributed by atoms with E-state index in [1.807, 2.05) is 24.3 Å². The summed E-state index contributed by atoms with van der Waals surface area (Å²) >= 11 is 0. The van der Waals surface area contributed by atoms with E-state index < -0.39 is 5.97 Å². The molecule has 0 saturated heterocycles. The second-order valence-electron chi connectivity index (χ2n) is 5.01. The van der Waals surface area contributed by atoms with Crippen LogP contribution in [0.5, 0.6) is 5.75 Å². The van der Waals surface area contributed by atoms with E-state index in [-0.39, 0.29) is 6.42 Å². The lowest BCUT2D eigenvalue weighted by molar-refractivity contribution is -0.136. The normalized spacial score (nSPS) is 10.5. The van der Waals surface area contributed by atoms with E-state index >= 15 is 0 Å². The second kappa shape index (κ2) is 7.67. The fourth-order valence-corrected chi connectivity index (χ4v) is 1.81. The maximum absolute atomic E-state index is 10.7. The summed E-state index contributed by atoms with van der Waals surface area (Å²) in [6.07, 6.45) is 1.20. The van der Waals surface area contributed by atoms with Crippen molar-refractivity contribution >= 4 is 11.7 Å². The van der Waals surface area contributed by atoms with Crippen molar-refractivity contribution in [3.8, 4) is 5.75 Å². The number of carboxylic acids is 1. The molecule has 0 bridgehead atoms. The third-order valence-corrected chi connectivity index (χ3v) is 3.01. The number of anilines is 1. The largest absolute Gasteiger partial charge is 0.497 e. The molecular weight excluding hydrogens is 242 g/mol. The molecule has 0 spiro atoms. The van der Waals surface area contributed by atoms with Crippen LogP contribution in [0.15, 0.2) is 24.3 Å². The Bertz CT molecular complexity index is 387. The first-order valence-electron chi connectivity index (χ1n) is 6.63. The van der Waals surface area contributed by atoms with Crippen LogP contribution in [-0.4, -0.2) is 31.3 Å². The van der Waals surface area contributed by atoms with Gasteiger partial charge in [0.25, 0.3) is 0 Å². The van der Waals surface area contributed by atoms with Crippen molar-refractivity contribution in [1.82, 2.24) is 0 Å². The van der Waals surface area contributed by atoms with Gasteiger partial charge < -0.3 is 14.7 Å². The van der Waals surface area contributed by atoms with Crippen molar-refractivity contribution in [3.05, 3.63) is 24.3 Å². The average molecular weight is 265 g/mol. The molecule has 0 atom stereocenters. The highest BCUT2D eigenvalue weighted by Crippen LogP contribution is 2.20. The van der Waals surface area contributed by atoms with E-state index in [0.29, 0.717) is 12.5 Å². The van der Waals surface area contributed by atoms with E-state index in [1.165, 1.54) is 0 Å². The molecule has 0 aliphatic carbocycles. The maximum atomic E-state index is 10.7. The van der Waals surface area contributed by atoms with E-state index in [1.54, 1.807) is 7.11 Å². The Morgan fingerprint density at radius 1 is 1.26 bits per heavy atom. The number of hydrogen-bond acceptors (Lipinski definition) is 3. The number of methoxy groups -OCH3 is 1. The molecule has 0 fully saturated rings. The van der Waals surface area contributed by atoms with Crippen molar-refractivity contribution in [2.24, 2.45) is 5.92 Å². The number of rotatable bonds is 8. The summed E-state index contributed by atoms with van der Waals surface area (Å²) in [5.41, 5.74) is 1.04. The van der Waals surface area contributed by atoms with Crippen molar-refractivity contribution in [3.63, 3.8) is 0 Å². The minimum Gasteiger partial charge on any atom is -0.497 e. The summed E-state index contributed by atoms with van der Waals surface area (Å²) in [4.78, 5) is 12.8. The zero-order chi connectivity index (χ0) is 14.3. The number of carbonyl (C=O) groups is 1. The molecule has 106 valence electrons. The molecule has 0 amide bonds. The van der Waals surface area contributed by atoms with Gasteiger partial charge in [-0.1, -0.05) is 13.8 Å². The third-order valence-electron chi connectivity index (χ3n) is 3.01. The Morgan fingerprint density at radius 3 is 2.37 bits per heavy atom. The zero-order valence-corrected chi connectivity index (χ0v) is 11.9. The van der Waals surface area contributed by atoms with Crippen LogP contribution in [0.1, 0.15) is 26.7 Å². The van der Waals surface area contributed by atoms with Crippen molar-refractivity contribution < 1.29 is 14.6 Å². The van der Waals surface area contributed by atoms with Crippen LogP contribution in [0, 0.1) is 5.92 Å². The smallest absolute Gasteiger partial charge is 0.305 e. The summed E-state index contributed by atoms with van der Waals surface area (Å²) in [7, 11) is 1.63. The summed E-state index contributed by atoms with van der Waals surface area (Å²) in [5.74, 6) is 0.652. The Labute approximate surface area is 115 Å². The summed E-state index contributed by atoms with van der Waals surface area (Å²) in [6.45, 7) is 5.75. The van der Waals surface area contributed by atoms with Crippen LogP contribution in [0.3, 0.4) is 0 Å². The van der Waals surface area contributed by atoms with Gasteiger partial charge in [0.1, 0.15) is 5.75 Å². The van der Waals surface area contributed by atoms with E-state index in [4.69, 9.17) is 9.84 Å². The third kappa shape index (κ3) is 5.64. The lowest BCUT2D eigenvalue weighted by atomic mass is 10.1. The Hall–Kier alpha value is -1.71. The van der Waals surface area contributed by atoms with Gasteiger partial charge in [0.15, 0.2) is 0 Å². The predicted molar refractivity (Wildman–Crippen MR) is 76.9 cm³/mol. The molecule has 1 aromatic rings. The van der Waals surface area contributed by atoms with Gasteiger partial charge in [-0.05, 0) is 36.6 Å². The van der Waals surface area contributed by atoms with E-state index in [0.717, 1.165) is 24.4 Å². The van der Waals surface area contributed by atoms with Gasteiger partial charge in [-0.25, -0.2) is 0 Å². The number of carboxylic acid groups (broad SMARTS) is 1. The number of ether oxygens (including phenoxy) is 1. The molecule has 0 aliphatic heterocycles. The SMILES string of the molecule is COc1ccc(N(CCC(=O)O)CCC(C)C)cc1. The fraction of sp³-hybridized carbons (Fsp3) is 0.533. The molecule has 0 heterocycles. The molecule has 0 saturated carbocycles. The van der Waals surface area contributed by atoms with Crippen LogP contribution in [-0.2, 0) is 4.79 Å². The molecule has 0 aliphatic rings. The monoisotopic (exact) mass is 265 g/mol. The van der Waals surface area contributed by atoms with Crippen molar-refractivity contribution in [1.29, 1.82) is 0 Å². The molecule has 0 unspecified atom stereocenters. The zero-order valence-electron chi connectivity index (χ0n) is 11.9. The molecule has 1 N–H and O–H groups in total. The molecule has 0 radical (unpaired) electrons. The van der Waals surface area contributed by atoms with Crippen LogP contribution in [0.4, 0.5) is 5.69 Å². The van der Waals surface area contributed by atoms with Crippen LogP contribution >= 0.6 is 0 Å². The van der Waals surface area contributed by atoms with E-state index in [2.05, 4.69) is 18.7 Å². The summed E-state index contributed by atoms with van der Waals surface area (Å²) in [6, 6.07) is 7.75. The van der Waals surface area contributed by atoms with Gasteiger partial charge in [-0.3, -0.25) is 4.79 Å². The lowest BCUT2D eigenvalue weighted by Gasteiger charge is -2.25. The molecule has 1 aromatic carbocycles. The van der Waals surface area contributed by atoms with Gasteiger partial charge in [0.2, 0.25) is 0 Å². The van der Waals surface area contributed by atoms with Gasteiger partial charge in [0.05, 0.1) is 13.5 Å². The minimum absolute atomic E-state index is 0.157. The number of nitrogens with zero attached hydrogens (tertiary/aromatic N) is 1. The first-order chi connectivity index (χ1) is 9.02. The van der Waals surface area contributed by atoms with Gasteiger partial charge in [-0.2, -0.15) is 0 Å². The molecule has 19 heavy (non-hydrogen) atoms. The second-order valence-corrected chi connectivity index (χ2v) is 5.01. The predicted octanol–water partition coefficient (Wildman–Crippen LogP) is 3.02. The maximum Gasteiger partial charge on any atom is 0.305 e. The highest BCUT2D eigenvalue weighted by molar-refractivity contribution is 5.67. The summed E-state index contributed by atoms with van der Waals surface area (Å²) < 4.78 is 5.13. The number of benzene rings is 1. The lowest BCUT2D eigenvalue weighted by Crippen LogP contribution is -2.28. The molecule has 1 rings (SSSR count). The standard InChI is InChI=1S/C15H23NO3/c1-12(2)8-10-16(11-9-15(17)18)13-4-6-14(19-3)7-5-13/h4-7,12H,8-11H2,1-3H3,(H,17,18). The van der Waals surface area contributed by atoms with Crippen LogP contribution < -0.4 is 9.64 Å². The minimum atomic E-state index is -0.761. The highest BCUT2D eigenvalue weighted by Gasteiger charge is 2.09. The van der Waals surface area contributed by atoms with Crippen LogP contribution in [0.2, 0.25) is 0 Å². The Balaban J connectivity index is 2.71. The van der Waals surface area contributed by atoms with Crippen LogP contribution in [0.25, 0.3) is 0 Å². The van der Waals surface area contributed by atoms with Crippen molar-refractivity contribution in [2.75, 3.05) is 25.1 Å². The quantitative estimate of drug-likeness (QED) is 0.785. The molecule has 0 aromatic heterocycles. The average Bonchev–Trinajstić information content (AvgIpc) is 2.38. The fourth-order valence-electron chi connectivity index (χ4n) is 1.81.